The molecule has 0 amide bonds. The number of quaternary nitrogens is 1. The lowest BCUT2D eigenvalue weighted by Gasteiger charge is -2.48. The number of piperidine rings is 1. The van der Waals surface area contributed by atoms with E-state index in [1.165, 1.54) is 81.5 Å². The van der Waals surface area contributed by atoms with Gasteiger partial charge in [0, 0.05) is 25.7 Å². The van der Waals surface area contributed by atoms with E-state index < -0.39 is 0 Å². The van der Waals surface area contributed by atoms with Crippen molar-refractivity contribution in [3.63, 3.8) is 0 Å². The summed E-state index contributed by atoms with van der Waals surface area (Å²) < 4.78 is 1.27. The Kier molecular flexibility index (Phi) is 4.29. The van der Waals surface area contributed by atoms with Crippen LogP contribution in [0.5, 0.6) is 0 Å². The van der Waals surface area contributed by atoms with E-state index in [9.17, 15) is 5.11 Å². The van der Waals surface area contributed by atoms with Crippen molar-refractivity contribution in [2.24, 2.45) is 17.8 Å². The molecule has 2 aliphatic heterocycles. The summed E-state index contributed by atoms with van der Waals surface area (Å²) in [7, 11) is 4.91. The number of fused-ring (bicyclic) bond motifs is 2. The molecule has 2 saturated heterocycles. The van der Waals surface area contributed by atoms with E-state index >= 15 is 0 Å². The highest BCUT2D eigenvalue weighted by Gasteiger charge is 2.52. The fourth-order valence-electron chi connectivity index (χ4n) is 7.14. The predicted molar refractivity (Wildman–Crippen MR) is 95.1 cm³/mol. The Bertz CT molecular complexity index is 388. The van der Waals surface area contributed by atoms with Gasteiger partial charge in [-0.05, 0) is 49.9 Å². The number of aliphatic hydroxyl groups is 1. The Balaban J connectivity index is 1.50. The van der Waals surface area contributed by atoms with E-state index in [0.29, 0.717) is 11.8 Å². The summed E-state index contributed by atoms with van der Waals surface area (Å²) in [6.45, 7) is 0. The zero-order valence-corrected chi connectivity index (χ0v) is 15.5. The smallest absolute Gasteiger partial charge is 0.0893 e. The van der Waals surface area contributed by atoms with Crippen LogP contribution >= 0.6 is 0 Å². The molecule has 2 atom stereocenters. The standard InChI is InChI=1S/C21H38NO/c1-22(2)19-11-12-20(22)14-16(13-19)15-21(23,17-7-3-4-8-17)18-9-5-6-10-18/h16-20,23H,3-15H2,1-2H3/q+1/t19-,20-/m0/s1. The van der Waals surface area contributed by atoms with Crippen molar-refractivity contribution < 1.29 is 9.59 Å². The van der Waals surface area contributed by atoms with E-state index in [-0.39, 0.29) is 5.60 Å². The molecular weight excluding hydrogens is 282 g/mol. The van der Waals surface area contributed by atoms with Gasteiger partial charge in [0.15, 0.2) is 0 Å². The van der Waals surface area contributed by atoms with Crippen LogP contribution in [0.15, 0.2) is 0 Å². The van der Waals surface area contributed by atoms with Crippen LogP contribution < -0.4 is 0 Å². The zero-order valence-electron chi connectivity index (χ0n) is 15.5. The first-order chi connectivity index (χ1) is 11.0. The highest BCUT2D eigenvalue weighted by atomic mass is 16.3. The topological polar surface area (TPSA) is 20.2 Å². The largest absolute Gasteiger partial charge is 0.389 e. The minimum absolute atomic E-state index is 0.314. The van der Waals surface area contributed by atoms with Gasteiger partial charge in [-0.15, -0.1) is 0 Å². The van der Waals surface area contributed by atoms with Gasteiger partial charge in [-0.25, -0.2) is 0 Å². The number of nitrogens with zero attached hydrogens (tertiary/aromatic N) is 1. The van der Waals surface area contributed by atoms with Gasteiger partial charge in [-0.2, -0.15) is 0 Å². The van der Waals surface area contributed by atoms with Crippen LogP contribution in [0.2, 0.25) is 0 Å². The van der Waals surface area contributed by atoms with Crippen LogP contribution in [0.1, 0.15) is 83.5 Å². The lowest BCUT2D eigenvalue weighted by Crippen LogP contribution is -2.56. The second-order valence-corrected chi connectivity index (χ2v) is 10.0. The van der Waals surface area contributed by atoms with Crippen LogP contribution in [-0.4, -0.2) is 41.4 Å². The Hall–Kier alpha value is -0.0800. The molecule has 4 fully saturated rings. The molecule has 4 rings (SSSR count). The summed E-state index contributed by atoms with van der Waals surface area (Å²) in [5, 5.41) is 11.9. The summed E-state index contributed by atoms with van der Waals surface area (Å²) in [5.41, 5.74) is -0.314. The molecule has 1 N–H and O–H groups in total. The van der Waals surface area contributed by atoms with Crippen molar-refractivity contribution in [2.45, 2.75) is 101 Å². The maximum Gasteiger partial charge on any atom is 0.0893 e. The van der Waals surface area contributed by atoms with Gasteiger partial charge in [-0.1, -0.05) is 25.7 Å². The van der Waals surface area contributed by atoms with E-state index in [0.717, 1.165) is 24.4 Å². The fourth-order valence-corrected chi connectivity index (χ4v) is 7.14. The molecule has 2 nitrogen and oxygen atoms in total. The van der Waals surface area contributed by atoms with Crippen molar-refractivity contribution in [2.75, 3.05) is 14.1 Å². The van der Waals surface area contributed by atoms with E-state index in [2.05, 4.69) is 14.1 Å². The molecule has 132 valence electrons. The fraction of sp³-hybridized carbons (Fsp3) is 1.00. The molecule has 2 heterocycles. The number of hydrogen-bond donors (Lipinski definition) is 1. The third-order valence-electron chi connectivity index (χ3n) is 8.67. The Morgan fingerprint density at radius 2 is 1.22 bits per heavy atom. The molecule has 0 radical (unpaired) electrons. The van der Waals surface area contributed by atoms with Crippen LogP contribution in [-0.2, 0) is 0 Å². The summed E-state index contributed by atoms with van der Waals surface area (Å²) >= 11 is 0. The lowest BCUT2D eigenvalue weighted by molar-refractivity contribution is -0.931. The number of rotatable bonds is 4. The van der Waals surface area contributed by atoms with Gasteiger partial charge in [0.1, 0.15) is 0 Å². The zero-order chi connectivity index (χ0) is 16.1. The van der Waals surface area contributed by atoms with Crippen molar-refractivity contribution in [1.29, 1.82) is 0 Å². The van der Waals surface area contributed by atoms with Crippen LogP contribution in [0.25, 0.3) is 0 Å². The Morgan fingerprint density at radius 1 is 0.783 bits per heavy atom. The first-order valence-electron chi connectivity index (χ1n) is 10.6. The minimum atomic E-state index is -0.314. The highest BCUT2D eigenvalue weighted by Crippen LogP contribution is 2.51. The van der Waals surface area contributed by atoms with E-state index in [1.54, 1.807) is 0 Å². The first-order valence-corrected chi connectivity index (χ1v) is 10.6. The van der Waals surface area contributed by atoms with Crippen molar-refractivity contribution in [3.05, 3.63) is 0 Å². The van der Waals surface area contributed by atoms with Crippen molar-refractivity contribution >= 4 is 0 Å². The van der Waals surface area contributed by atoms with Crippen molar-refractivity contribution in [1.82, 2.24) is 0 Å². The maximum absolute atomic E-state index is 11.9. The van der Waals surface area contributed by atoms with Gasteiger partial charge in [0.05, 0.1) is 31.8 Å². The SMILES string of the molecule is C[N+]1(C)[C@H]2CC[C@H]1CC(CC(O)(C1CCCC1)C1CCCC1)C2. The maximum atomic E-state index is 11.9. The highest BCUT2D eigenvalue weighted by molar-refractivity contribution is 4.99. The lowest BCUT2D eigenvalue weighted by atomic mass is 9.68. The molecule has 0 aromatic rings. The van der Waals surface area contributed by atoms with E-state index in [1.807, 2.05) is 0 Å². The van der Waals surface area contributed by atoms with Gasteiger partial charge >= 0.3 is 0 Å². The molecule has 0 spiro atoms. The normalized spacial score (nSPS) is 38.5. The quantitative estimate of drug-likeness (QED) is 0.756. The second kappa shape index (κ2) is 6.02. The molecule has 23 heavy (non-hydrogen) atoms. The van der Waals surface area contributed by atoms with Crippen LogP contribution in [0.3, 0.4) is 0 Å². The average molecular weight is 321 g/mol. The molecule has 0 aromatic carbocycles. The monoisotopic (exact) mass is 320 g/mol. The molecule has 0 aromatic heterocycles. The Labute approximate surface area is 143 Å². The number of hydrogen-bond acceptors (Lipinski definition) is 1. The molecule has 2 heteroatoms. The van der Waals surface area contributed by atoms with E-state index in [4.69, 9.17) is 0 Å². The molecular formula is C21H38NO+. The van der Waals surface area contributed by atoms with Crippen molar-refractivity contribution in [3.8, 4) is 0 Å². The van der Waals surface area contributed by atoms with Crippen LogP contribution in [0, 0.1) is 17.8 Å². The molecule has 0 unspecified atom stereocenters. The predicted octanol–water partition coefficient (Wildman–Crippen LogP) is 4.51. The third kappa shape index (κ3) is 2.78. The Morgan fingerprint density at radius 3 is 1.65 bits per heavy atom. The minimum Gasteiger partial charge on any atom is -0.389 e. The summed E-state index contributed by atoms with van der Waals surface area (Å²) in [6, 6.07) is 1.74. The molecule has 4 aliphatic rings. The third-order valence-corrected chi connectivity index (χ3v) is 8.67. The van der Waals surface area contributed by atoms with Gasteiger partial charge in [0.25, 0.3) is 0 Å². The molecule has 2 aliphatic carbocycles. The summed E-state index contributed by atoms with van der Waals surface area (Å²) in [5.74, 6) is 2.03. The van der Waals surface area contributed by atoms with Gasteiger partial charge < -0.3 is 9.59 Å². The molecule has 2 bridgehead atoms. The average Bonchev–Trinajstić information content (AvgIpc) is 3.22. The van der Waals surface area contributed by atoms with Gasteiger partial charge in [0.2, 0.25) is 0 Å². The van der Waals surface area contributed by atoms with Crippen LogP contribution in [0.4, 0.5) is 0 Å². The molecule has 2 saturated carbocycles. The first kappa shape index (κ1) is 16.4. The second-order valence-electron chi connectivity index (χ2n) is 10.0. The van der Waals surface area contributed by atoms with Gasteiger partial charge in [-0.3, -0.25) is 0 Å². The summed E-state index contributed by atoms with van der Waals surface area (Å²) in [4.78, 5) is 0. The summed E-state index contributed by atoms with van der Waals surface area (Å²) in [6.07, 6.45) is 17.4.